The lowest BCUT2D eigenvalue weighted by molar-refractivity contribution is -0.156. The van der Waals surface area contributed by atoms with Gasteiger partial charge in [0.1, 0.15) is 11.4 Å². The maximum absolute atomic E-state index is 13.6. The number of fused-ring (bicyclic) bond motifs is 1. The average Bonchev–Trinajstić information content (AvgIpc) is 3.30. The Morgan fingerprint density at radius 2 is 1.71 bits per heavy atom. The van der Waals surface area contributed by atoms with Gasteiger partial charge in [-0.05, 0) is 94.8 Å². The highest BCUT2D eigenvalue weighted by Crippen LogP contribution is 2.34. The number of carbonyl (C=O) groups is 2. The van der Waals surface area contributed by atoms with Crippen molar-refractivity contribution in [2.24, 2.45) is 5.92 Å². The van der Waals surface area contributed by atoms with Crippen molar-refractivity contribution >= 4 is 29.0 Å². The van der Waals surface area contributed by atoms with Crippen LogP contribution in [-0.2, 0) is 16.1 Å². The SMILES string of the molecule is CC(C)(C)OC(=O)CN1CCC(c2nn(Cc3ccc(F)cc3)c3cc(/C=C/C4CCN(C(=O)O)CC4)ccc23)CC1. The van der Waals surface area contributed by atoms with E-state index in [0.29, 0.717) is 32.1 Å². The van der Waals surface area contributed by atoms with E-state index in [1.807, 2.05) is 25.5 Å². The summed E-state index contributed by atoms with van der Waals surface area (Å²) in [4.78, 5) is 27.2. The number of benzene rings is 2. The first-order valence-electron chi connectivity index (χ1n) is 14.9. The zero-order valence-corrected chi connectivity index (χ0v) is 24.8. The topological polar surface area (TPSA) is 87.9 Å². The van der Waals surface area contributed by atoms with Gasteiger partial charge in [-0.15, -0.1) is 0 Å². The number of piperidine rings is 2. The number of carbonyl (C=O) groups excluding carboxylic acids is 1. The van der Waals surface area contributed by atoms with E-state index in [4.69, 9.17) is 9.84 Å². The van der Waals surface area contributed by atoms with Crippen LogP contribution in [0, 0.1) is 11.7 Å². The second-order valence-electron chi connectivity index (χ2n) is 12.5. The van der Waals surface area contributed by atoms with E-state index in [1.54, 1.807) is 12.1 Å². The number of esters is 1. The molecule has 0 atom stereocenters. The predicted octanol–water partition coefficient (Wildman–Crippen LogP) is 6.15. The molecule has 1 aromatic heterocycles. The summed E-state index contributed by atoms with van der Waals surface area (Å²) >= 11 is 0. The van der Waals surface area contributed by atoms with Gasteiger partial charge in [0.2, 0.25) is 0 Å². The van der Waals surface area contributed by atoms with Crippen molar-refractivity contribution in [3.05, 3.63) is 71.2 Å². The standard InChI is InChI=1S/C33H41FN4O4/c1-33(2,3)42-30(39)22-36-16-14-26(15-17-36)31-28-11-8-24(5-4-23-12-18-37(19-13-23)32(40)41)20-29(28)38(35-31)21-25-6-9-27(34)10-7-25/h4-11,20,23,26H,12-19,21-22H2,1-3H3,(H,40,41)/b5-4+. The number of rotatable bonds is 7. The van der Waals surface area contributed by atoms with Gasteiger partial charge in [-0.1, -0.05) is 36.4 Å². The van der Waals surface area contributed by atoms with Gasteiger partial charge >= 0.3 is 12.1 Å². The third-order valence-corrected chi connectivity index (χ3v) is 8.17. The molecule has 0 saturated carbocycles. The van der Waals surface area contributed by atoms with Crippen molar-refractivity contribution in [3.63, 3.8) is 0 Å². The second-order valence-corrected chi connectivity index (χ2v) is 12.5. The van der Waals surface area contributed by atoms with E-state index >= 15 is 0 Å². The summed E-state index contributed by atoms with van der Waals surface area (Å²) in [5, 5.41) is 15.4. The molecule has 0 unspecified atom stereocenters. The van der Waals surface area contributed by atoms with Crippen LogP contribution in [0.15, 0.2) is 48.5 Å². The molecule has 1 amide bonds. The fraction of sp³-hybridized carbons (Fsp3) is 0.485. The average molecular weight is 577 g/mol. The fourth-order valence-corrected chi connectivity index (χ4v) is 5.96. The number of aromatic nitrogens is 2. The van der Waals surface area contributed by atoms with Gasteiger partial charge in [-0.25, -0.2) is 9.18 Å². The molecule has 9 heteroatoms. The van der Waals surface area contributed by atoms with Crippen LogP contribution in [0.25, 0.3) is 17.0 Å². The molecule has 2 aliphatic heterocycles. The van der Waals surface area contributed by atoms with Crippen LogP contribution >= 0.6 is 0 Å². The van der Waals surface area contributed by atoms with Gasteiger partial charge in [-0.2, -0.15) is 5.10 Å². The van der Waals surface area contributed by atoms with Crippen molar-refractivity contribution in [1.29, 1.82) is 0 Å². The molecule has 1 N–H and O–H groups in total. The van der Waals surface area contributed by atoms with Crippen LogP contribution in [-0.4, -0.2) is 75.1 Å². The van der Waals surface area contributed by atoms with Crippen LogP contribution in [0.1, 0.15) is 69.2 Å². The molecule has 5 rings (SSSR count). The first-order valence-corrected chi connectivity index (χ1v) is 14.9. The summed E-state index contributed by atoms with van der Waals surface area (Å²) in [5.41, 5.74) is 3.67. The van der Waals surface area contributed by atoms with Crippen molar-refractivity contribution in [2.75, 3.05) is 32.7 Å². The van der Waals surface area contributed by atoms with Crippen LogP contribution < -0.4 is 0 Å². The predicted molar refractivity (Wildman–Crippen MR) is 161 cm³/mol. The third kappa shape index (κ3) is 7.56. The normalized spacial score (nSPS) is 17.8. The molecule has 3 heterocycles. The number of ether oxygens (including phenoxy) is 1. The first kappa shape index (κ1) is 29.8. The summed E-state index contributed by atoms with van der Waals surface area (Å²) in [5.74, 6) is 0.173. The summed E-state index contributed by atoms with van der Waals surface area (Å²) in [6, 6.07) is 13.0. The van der Waals surface area contributed by atoms with Crippen LogP contribution in [0.3, 0.4) is 0 Å². The maximum Gasteiger partial charge on any atom is 0.407 e. The van der Waals surface area contributed by atoms with Crippen molar-refractivity contribution < 1.29 is 23.8 Å². The van der Waals surface area contributed by atoms with Crippen molar-refractivity contribution in [2.45, 2.75) is 64.5 Å². The van der Waals surface area contributed by atoms with E-state index in [2.05, 4.69) is 35.3 Å². The zero-order chi connectivity index (χ0) is 29.9. The number of nitrogens with zero attached hydrogens (tertiary/aromatic N) is 4. The van der Waals surface area contributed by atoms with Gasteiger partial charge in [-0.3, -0.25) is 14.4 Å². The summed E-state index contributed by atoms with van der Waals surface area (Å²) in [6.45, 7) is 9.23. The number of carboxylic acid groups (broad SMARTS) is 1. The highest BCUT2D eigenvalue weighted by Gasteiger charge is 2.28. The highest BCUT2D eigenvalue weighted by atomic mass is 19.1. The Hall–Kier alpha value is -3.72. The van der Waals surface area contributed by atoms with Gasteiger partial charge in [0.25, 0.3) is 0 Å². The molecule has 0 spiro atoms. The molecule has 2 saturated heterocycles. The van der Waals surface area contributed by atoms with E-state index in [9.17, 15) is 19.1 Å². The first-order chi connectivity index (χ1) is 20.0. The molecule has 42 heavy (non-hydrogen) atoms. The lowest BCUT2D eigenvalue weighted by atomic mass is 9.91. The fourth-order valence-electron chi connectivity index (χ4n) is 5.96. The number of amides is 1. The molecular weight excluding hydrogens is 535 g/mol. The Balaban J connectivity index is 1.34. The number of halogens is 1. The van der Waals surface area contributed by atoms with Gasteiger partial charge in [0.05, 0.1) is 24.3 Å². The lowest BCUT2D eigenvalue weighted by Gasteiger charge is -2.31. The van der Waals surface area contributed by atoms with E-state index < -0.39 is 11.7 Å². The van der Waals surface area contributed by atoms with Gasteiger partial charge in [0, 0.05) is 24.4 Å². The highest BCUT2D eigenvalue weighted by molar-refractivity contribution is 5.85. The van der Waals surface area contributed by atoms with Crippen LogP contribution in [0.2, 0.25) is 0 Å². The number of hydrogen-bond acceptors (Lipinski definition) is 5. The summed E-state index contributed by atoms with van der Waals surface area (Å²) < 4.78 is 21.1. The van der Waals surface area contributed by atoms with Crippen molar-refractivity contribution in [1.82, 2.24) is 19.6 Å². The quantitative estimate of drug-likeness (QED) is 0.340. The molecule has 3 aromatic rings. The Labute approximate surface area is 246 Å². The summed E-state index contributed by atoms with van der Waals surface area (Å²) in [7, 11) is 0. The van der Waals surface area contributed by atoms with Gasteiger partial charge in [0.15, 0.2) is 0 Å². The van der Waals surface area contributed by atoms with E-state index in [0.717, 1.165) is 66.5 Å². The maximum atomic E-state index is 13.6. The van der Waals surface area contributed by atoms with Crippen LogP contribution in [0.5, 0.6) is 0 Å². The molecule has 224 valence electrons. The smallest absolute Gasteiger partial charge is 0.407 e. The molecule has 0 radical (unpaired) electrons. The number of likely N-dealkylation sites (tertiary alicyclic amines) is 2. The molecule has 2 aliphatic rings. The lowest BCUT2D eigenvalue weighted by Crippen LogP contribution is -2.39. The molecule has 2 aromatic carbocycles. The molecular formula is C33H41FN4O4. The monoisotopic (exact) mass is 576 g/mol. The van der Waals surface area contributed by atoms with E-state index in [1.165, 1.54) is 17.0 Å². The van der Waals surface area contributed by atoms with E-state index in [-0.39, 0.29) is 17.7 Å². The zero-order valence-electron chi connectivity index (χ0n) is 24.8. The number of hydrogen-bond donors (Lipinski definition) is 1. The molecule has 0 bridgehead atoms. The van der Waals surface area contributed by atoms with Crippen LogP contribution in [0.4, 0.5) is 9.18 Å². The largest absolute Gasteiger partial charge is 0.465 e. The second kappa shape index (κ2) is 12.7. The minimum atomic E-state index is -0.846. The summed E-state index contributed by atoms with van der Waals surface area (Å²) in [6.07, 6.45) is 6.94. The minimum absolute atomic E-state index is 0.192. The third-order valence-electron chi connectivity index (χ3n) is 8.17. The Bertz CT molecular complexity index is 1430. The Morgan fingerprint density at radius 1 is 1.02 bits per heavy atom. The Morgan fingerprint density at radius 3 is 2.36 bits per heavy atom. The molecule has 0 aliphatic carbocycles. The Kier molecular flexibility index (Phi) is 8.96. The minimum Gasteiger partial charge on any atom is -0.465 e. The number of allylic oxidation sites excluding steroid dienone is 1. The molecule has 8 nitrogen and oxygen atoms in total. The van der Waals surface area contributed by atoms with Crippen molar-refractivity contribution in [3.8, 4) is 0 Å². The van der Waals surface area contributed by atoms with Gasteiger partial charge < -0.3 is 14.7 Å². The molecule has 2 fully saturated rings.